The summed E-state index contributed by atoms with van der Waals surface area (Å²) in [5.41, 5.74) is 1.16. The first-order valence-electron chi connectivity index (χ1n) is 4.42. The summed E-state index contributed by atoms with van der Waals surface area (Å²) in [5, 5.41) is 18.5. The molecule has 0 aromatic carbocycles. The third-order valence-electron chi connectivity index (χ3n) is 2.74. The molecule has 4 nitrogen and oxygen atoms in total. The minimum absolute atomic E-state index is 0.108. The highest BCUT2D eigenvalue weighted by molar-refractivity contribution is 5.91. The number of aliphatic hydroxyl groups is 2. The Morgan fingerprint density at radius 1 is 1.54 bits per heavy atom. The van der Waals surface area contributed by atoms with E-state index in [1.807, 2.05) is 0 Å². The van der Waals surface area contributed by atoms with Crippen molar-refractivity contribution in [1.29, 1.82) is 0 Å². The first-order valence-corrected chi connectivity index (χ1v) is 4.42. The van der Waals surface area contributed by atoms with Crippen LogP contribution in [0.4, 0.5) is 0 Å². The Labute approximate surface area is 75.8 Å². The second-order valence-electron chi connectivity index (χ2n) is 3.48. The summed E-state index contributed by atoms with van der Waals surface area (Å²) in [6.45, 7) is 0.223. The number of carbonyl (C=O) groups is 1. The third-order valence-corrected chi connectivity index (χ3v) is 2.74. The fraction of sp³-hybridized carbons (Fsp3) is 0.667. The summed E-state index contributed by atoms with van der Waals surface area (Å²) in [6.07, 6.45) is 0.571. The van der Waals surface area contributed by atoms with Gasteiger partial charge in [-0.25, -0.2) is 4.79 Å². The van der Waals surface area contributed by atoms with Gasteiger partial charge in [0.15, 0.2) is 0 Å². The number of cyclic esters (lactones) is 1. The van der Waals surface area contributed by atoms with Gasteiger partial charge in [0.1, 0.15) is 0 Å². The van der Waals surface area contributed by atoms with E-state index in [0.29, 0.717) is 30.6 Å². The number of rotatable bonds is 1. The van der Waals surface area contributed by atoms with Gasteiger partial charge in [-0.3, -0.25) is 0 Å². The highest BCUT2D eigenvalue weighted by Gasteiger charge is 2.40. The lowest BCUT2D eigenvalue weighted by Crippen LogP contribution is -2.28. The van der Waals surface area contributed by atoms with Crippen molar-refractivity contribution in [3.63, 3.8) is 0 Å². The molecular weight excluding hydrogens is 172 g/mol. The van der Waals surface area contributed by atoms with E-state index < -0.39 is 6.10 Å². The van der Waals surface area contributed by atoms with Crippen LogP contribution in [0.3, 0.4) is 0 Å². The van der Waals surface area contributed by atoms with E-state index in [-0.39, 0.29) is 18.5 Å². The van der Waals surface area contributed by atoms with Crippen LogP contribution in [0, 0.1) is 5.92 Å². The van der Waals surface area contributed by atoms with Crippen LogP contribution in [0.5, 0.6) is 0 Å². The summed E-state index contributed by atoms with van der Waals surface area (Å²) in [4.78, 5) is 11.3. The summed E-state index contributed by atoms with van der Waals surface area (Å²) in [6, 6.07) is 0. The van der Waals surface area contributed by atoms with Crippen molar-refractivity contribution >= 4 is 5.97 Å². The fourth-order valence-corrected chi connectivity index (χ4v) is 2.10. The molecule has 2 unspecified atom stereocenters. The maximum absolute atomic E-state index is 11.3. The Morgan fingerprint density at radius 3 is 3.00 bits per heavy atom. The lowest BCUT2D eigenvalue weighted by atomic mass is 9.94. The van der Waals surface area contributed by atoms with Crippen LogP contribution in [0.1, 0.15) is 12.8 Å². The molecule has 1 heterocycles. The molecule has 4 heteroatoms. The van der Waals surface area contributed by atoms with Gasteiger partial charge < -0.3 is 14.9 Å². The van der Waals surface area contributed by atoms with E-state index in [9.17, 15) is 9.90 Å². The van der Waals surface area contributed by atoms with Crippen molar-refractivity contribution in [2.24, 2.45) is 5.92 Å². The topological polar surface area (TPSA) is 66.8 Å². The van der Waals surface area contributed by atoms with Crippen LogP contribution < -0.4 is 0 Å². The normalized spacial score (nSPS) is 33.2. The highest BCUT2D eigenvalue weighted by Crippen LogP contribution is 2.37. The SMILES string of the molecule is O=C1OCCC2C1=C(CO)CC2O. The molecule has 1 fully saturated rings. The molecule has 0 radical (unpaired) electrons. The van der Waals surface area contributed by atoms with Crippen molar-refractivity contribution < 1.29 is 19.7 Å². The van der Waals surface area contributed by atoms with Crippen LogP contribution in [0.2, 0.25) is 0 Å². The first-order chi connectivity index (χ1) is 6.24. The minimum atomic E-state index is -0.509. The number of aliphatic hydroxyl groups excluding tert-OH is 2. The summed E-state index contributed by atoms with van der Waals surface area (Å²) in [7, 11) is 0. The Morgan fingerprint density at radius 2 is 2.31 bits per heavy atom. The molecule has 0 spiro atoms. The summed E-state index contributed by atoms with van der Waals surface area (Å²) >= 11 is 0. The maximum Gasteiger partial charge on any atom is 0.334 e. The number of carbonyl (C=O) groups excluding carboxylic acids is 1. The monoisotopic (exact) mass is 184 g/mol. The first kappa shape index (κ1) is 8.72. The molecule has 0 bridgehead atoms. The number of ether oxygens (including phenoxy) is 1. The van der Waals surface area contributed by atoms with E-state index in [2.05, 4.69) is 0 Å². The largest absolute Gasteiger partial charge is 0.462 e. The number of hydrogen-bond donors (Lipinski definition) is 2. The van der Waals surface area contributed by atoms with Crippen molar-refractivity contribution in [2.75, 3.05) is 13.2 Å². The van der Waals surface area contributed by atoms with Gasteiger partial charge >= 0.3 is 5.97 Å². The van der Waals surface area contributed by atoms with E-state index in [4.69, 9.17) is 9.84 Å². The van der Waals surface area contributed by atoms with Gasteiger partial charge in [0.25, 0.3) is 0 Å². The average Bonchev–Trinajstić information content (AvgIpc) is 2.45. The van der Waals surface area contributed by atoms with E-state index in [1.165, 1.54) is 0 Å². The van der Waals surface area contributed by atoms with Gasteiger partial charge in [-0.2, -0.15) is 0 Å². The van der Waals surface area contributed by atoms with Crippen molar-refractivity contribution in [3.8, 4) is 0 Å². The number of hydrogen-bond acceptors (Lipinski definition) is 4. The zero-order valence-corrected chi connectivity index (χ0v) is 7.19. The maximum atomic E-state index is 11.3. The van der Waals surface area contributed by atoms with Crippen molar-refractivity contribution in [3.05, 3.63) is 11.1 Å². The zero-order chi connectivity index (χ0) is 9.42. The quantitative estimate of drug-likeness (QED) is 0.544. The second-order valence-corrected chi connectivity index (χ2v) is 3.48. The number of esters is 1. The molecule has 2 atom stereocenters. The molecular formula is C9H12O4. The van der Waals surface area contributed by atoms with Gasteiger partial charge in [-0.05, 0) is 18.4 Å². The van der Waals surface area contributed by atoms with Gasteiger partial charge in [0, 0.05) is 11.5 Å². The van der Waals surface area contributed by atoms with E-state index >= 15 is 0 Å². The standard InChI is InChI=1S/C9H12O4/c10-4-5-3-7(11)6-1-2-13-9(12)8(5)6/h6-7,10-11H,1-4H2. The molecule has 1 saturated heterocycles. The fourth-order valence-electron chi connectivity index (χ4n) is 2.10. The molecule has 13 heavy (non-hydrogen) atoms. The Kier molecular flexibility index (Phi) is 2.09. The van der Waals surface area contributed by atoms with Crippen molar-refractivity contribution in [1.82, 2.24) is 0 Å². The van der Waals surface area contributed by atoms with Gasteiger partial charge in [-0.15, -0.1) is 0 Å². The molecule has 2 N–H and O–H groups in total. The molecule has 2 rings (SSSR count). The molecule has 72 valence electrons. The lowest BCUT2D eigenvalue weighted by Gasteiger charge is -2.22. The predicted molar refractivity (Wildman–Crippen MR) is 43.8 cm³/mol. The molecule has 1 aliphatic carbocycles. The van der Waals surface area contributed by atoms with Crippen LogP contribution in [-0.4, -0.2) is 35.5 Å². The van der Waals surface area contributed by atoms with Gasteiger partial charge in [-0.1, -0.05) is 0 Å². The number of fused-ring (bicyclic) bond motifs is 1. The van der Waals surface area contributed by atoms with Crippen LogP contribution in [-0.2, 0) is 9.53 Å². The Balaban J connectivity index is 2.32. The van der Waals surface area contributed by atoms with E-state index in [1.54, 1.807) is 0 Å². The predicted octanol–water partition coefficient (Wildman–Crippen LogP) is -0.397. The van der Waals surface area contributed by atoms with Gasteiger partial charge in [0.05, 0.1) is 19.3 Å². The molecule has 1 aliphatic heterocycles. The van der Waals surface area contributed by atoms with Crippen LogP contribution >= 0.6 is 0 Å². The smallest absolute Gasteiger partial charge is 0.334 e. The zero-order valence-electron chi connectivity index (χ0n) is 7.19. The molecule has 0 saturated carbocycles. The summed E-state index contributed by atoms with van der Waals surface area (Å²) < 4.78 is 4.85. The van der Waals surface area contributed by atoms with Crippen LogP contribution in [0.25, 0.3) is 0 Å². The van der Waals surface area contributed by atoms with Gasteiger partial charge in [0.2, 0.25) is 0 Å². The second kappa shape index (κ2) is 3.12. The van der Waals surface area contributed by atoms with E-state index in [0.717, 1.165) is 0 Å². The summed E-state index contributed by atoms with van der Waals surface area (Å²) in [5.74, 6) is -0.472. The van der Waals surface area contributed by atoms with Crippen molar-refractivity contribution in [2.45, 2.75) is 18.9 Å². The minimum Gasteiger partial charge on any atom is -0.462 e. The highest BCUT2D eigenvalue weighted by atomic mass is 16.5. The molecule has 0 aromatic heterocycles. The average molecular weight is 184 g/mol. The molecule has 2 aliphatic rings. The molecule has 0 aromatic rings. The Bertz CT molecular complexity index is 269. The third kappa shape index (κ3) is 1.26. The van der Waals surface area contributed by atoms with Crippen LogP contribution in [0.15, 0.2) is 11.1 Å². The lowest BCUT2D eigenvalue weighted by molar-refractivity contribution is -0.143. The molecule has 0 amide bonds. The Hall–Kier alpha value is -0.870.